The van der Waals surface area contributed by atoms with E-state index in [0.717, 1.165) is 39.3 Å². The number of aliphatic imine (C=N–C) groups is 1. The Morgan fingerprint density at radius 3 is 2.76 bits per heavy atom. The van der Waals surface area contributed by atoms with Gasteiger partial charge in [0.05, 0.1) is 12.1 Å². The molecule has 172 valence electrons. The second-order valence-corrected chi connectivity index (χ2v) is 8.53. The third-order valence-electron chi connectivity index (χ3n) is 6.35. The number of guanidine groups is 1. The summed E-state index contributed by atoms with van der Waals surface area (Å²) in [4.78, 5) is 26.3. The van der Waals surface area contributed by atoms with E-state index in [4.69, 9.17) is 11.5 Å². The van der Waals surface area contributed by atoms with E-state index in [1.165, 1.54) is 0 Å². The molecule has 2 aliphatic rings. The number of para-hydroxylation sites is 1. The number of aromatic nitrogens is 1. The summed E-state index contributed by atoms with van der Waals surface area (Å²) in [5, 5.41) is 4.58. The molecule has 0 spiro atoms. The fraction of sp³-hybridized carbons (Fsp3) is 0.192. The zero-order valence-electron chi connectivity index (χ0n) is 19.0. The monoisotopic (exact) mass is 454 g/mol. The second kappa shape index (κ2) is 8.90. The molecule has 2 atom stereocenters. The van der Waals surface area contributed by atoms with Crippen LogP contribution in [0.1, 0.15) is 24.0 Å². The highest BCUT2D eigenvalue weighted by atomic mass is 16.2. The third-order valence-corrected chi connectivity index (χ3v) is 6.35. The van der Waals surface area contributed by atoms with Crippen molar-refractivity contribution in [3.05, 3.63) is 95.6 Å². The van der Waals surface area contributed by atoms with Crippen LogP contribution in [0.25, 0.3) is 10.9 Å². The number of carbonyl (C=O) groups excluding carboxylic acids is 1. The number of fused-ring (bicyclic) bond motifs is 2. The number of nitrogens with zero attached hydrogens (tertiary/aromatic N) is 2. The Kier molecular flexibility index (Phi) is 5.63. The number of carbonyl (C=O) groups is 1. The molecule has 7 N–H and O–H groups in total. The van der Waals surface area contributed by atoms with Crippen molar-refractivity contribution >= 4 is 28.5 Å². The van der Waals surface area contributed by atoms with E-state index < -0.39 is 0 Å². The molecule has 0 aliphatic carbocycles. The number of aromatic amines is 1. The SMILES string of the molecule is CC(c1ccccc1)C1NC2=C(C=CCN=C(N)N)[NH+]=C(c3c[nH]c4ccccc34)CN2C1=O. The van der Waals surface area contributed by atoms with Gasteiger partial charge in [0.15, 0.2) is 11.8 Å². The number of nitrogens with two attached hydrogens (primary N) is 2. The van der Waals surface area contributed by atoms with Crippen molar-refractivity contribution in [1.29, 1.82) is 0 Å². The van der Waals surface area contributed by atoms with Gasteiger partial charge >= 0.3 is 0 Å². The summed E-state index contributed by atoms with van der Waals surface area (Å²) in [7, 11) is 0. The van der Waals surface area contributed by atoms with Crippen LogP contribution in [0.4, 0.5) is 0 Å². The number of hydrogen-bond donors (Lipinski definition) is 5. The lowest BCUT2D eigenvalue weighted by Gasteiger charge is -2.19. The van der Waals surface area contributed by atoms with E-state index in [1.54, 1.807) is 0 Å². The minimum absolute atomic E-state index is 0.00945. The zero-order valence-corrected chi connectivity index (χ0v) is 19.0. The number of benzene rings is 2. The van der Waals surface area contributed by atoms with Crippen LogP contribution in [-0.4, -0.2) is 46.6 Å². The largest absolute Gasteiger partial charge is 0.370 e. The van der Waals surface area contributed by atoms with E-state index in [0.29, 0.717) is 13.1 Å². The number of amides is 1. The molecule has 34 heavy (non-hydrogen) atoms. The first-order chi connectivity index (χ1) is 16.5. The topological polar surface area (TPSA) is 126 Å². The van der Waals surface area contributed by atoms with Crippen LogP contribution in [0.2, 0.25) is 0 Å². The number of rotatable bonds is 6. The van der Waals surface area contributed by atoms with Gasteiger partial charge in [0.1, 0.15) is 12.6 Å². The van der Waals surface area contributed by atoms with E-state index in [9.17, 15) is 4.79 Å². The summed E-state index contributed by atoms with van der Waals surface area (Å²) < 4.78 is 0. The van der Waals surface area contributed by atoms with Crippen LogP contribution >= 0.6 is 0 Å². The standard InChI is InChI=1S/C26H27N7O/c1-16(17-8-3-2-4-9-17)23-25(34)33-15-22(19-14-30-20-11-6-5-10-18(19)20)31-21(24(33)32-23)12-7-13-29-26(27)28/h2-12,14,16,23,30,32H,13,15H2,1H3,(H4,27,28,29)/p+1. The molecule has 3 aromatic rings. The minimum atomic E-state index is -0.359. The number of hydrogen-bond acceptors (Lipinski definition) is 3. The summed E-state index contributed by atoms with van der Waals surface area (Å²) in [5.41, 5.74) is 15.9. The summed E-state index contributed by atoms with van der Waals surface area (Å²) in [6.07, 6.45) is 5.76. The van der Waals surface area contributed by atoms with Crippen molar-refractivity contribution in [1.82, 2.24) is 15.2 Å². The molecule has 1 aromatic heterocycles. The fourth-order valence-electron chi connectivity index (χ4n) is 4.58. The predicted molar refractivity (Wildman–Crippen MR) is 134 cm³/mol. The summed E-state index contributed by atoms with van der Waals surface area (Å²) in [5.74, 6) is 0.871. The van der Waals surface area contributed by atoms with Crippen LogP contribution in [-0.2, 0) is 4.79 Å². The number of nitrogens with one attached hydrogen (secondary N) is 3. The lowest BCUT2D eigenvalue weighted by atomic mass is 9.93. The Labute approximate surface area is 197 Å². The van der Waals surface area contributed by atoms with E-state index in [-0.39, 0.29) is 23.8 Å². The molecule has 1 amide bonds. The van der Waals surface area contributed by atoms with E-state index in [2.05, 4.69) is 45.4 Å². The van der Waals surface area contributed by atoms with Gasteiger partial charge in [-0.1, -0.05) is 61.5 Å². The molecule has 8 nitrogen and oxygen atoms in total. The molecule has 1 saturated heterocycles. The summed E-state index contributed by atoms with van der Waals surface area (Å²) in [6.45, 7) is 2.88. The van der Waals surface area contributed by atoms with Crippen LogP contribution in [0, 0.1) is 0 Å². The molecule has 3 heterocycles. The van der Waals surface area contributed by atoms with Crippen molar-refractivity contribution in [2.75, 3.05) is 13.1 Å². The van der Waals surface area contributed by atoms with Crippen molar-refractivity contribution in [3.63, 3.8) is 0 Å². The number of H-pyrrole nitrogens is 1. The molecule has 0 saturated carbocycles. The van der Waals surface area contributed by atoms with Gasteiger partial charge in [-0.15, -0.1) is 0 Å². The first-order valence-electron chi connectivity index (χ1n) is 11.3. The molecule has 8 heteroatoms. The third kappa shape index (κ3) is 3.94. The predicted octanol–water partition coefficient (Wildman–Crippen LogP) is 0.654. The van der Waals surface area contributed by atoms with Crippen molar-refractivity contribution in [3.8, 4) is 0 Å². The second-order valence-electron chi connectivity index (χ2n) is 8.53. The minimum Gasteiger partial charge on any atom is -0.370 e. The molecule has 2 aromatic carbocycles. The van der Waals surface area contributed by atoms with Crippen molar-refractivity contribution in [2.45, 2.75) is 18.9 Å². The molecular formula is C26H28N7O+. The smallest absolute Gasteiger partial charge is 0.251 e. The van der Waals surface area contributed by atoms with Gasteiger partial charge in [0.2, 0.25) is 11.4 Å². The lowest BCUT2D eigenvalue weighted by Crippen LogP contribution is -2.76. The quantitative estimate of drug-likeness (QED) is 0.277. The maximum absolute atomic E-state index is 13.6. The van der Waals surface area contributed by atoms with Crippen molar-refractivity contribution < 1.29 is 9.79 Å². The van der Waals surface area contributed by atoms with Gasteiger partial charge in [-0.05, 0) is 11.6 Å². The Bertz CT molecular complexity index is 1350. The average molecular weight is 455 g/mol. The Balaban J connectivity index is 1.52. The lowest BCUT2D eigenvalue weighted by molar-refractivity contribution is -0.397. The molecule has 5 rings (SSSR count). The fourth-order valence-corrected chi connectivity index (χ4v) is 4.58. The van der Waals surface area contributed by atoms with Crippen LogP contribution in [0.5, 0.6) is 0 Å². The van der Waals surface area contributed by atoms with E-state index in [1.807, 2.05) is 59.6 Å². The molecule has 1 fully saturated rings. The average Bonchev–Trinajstić information content (AvgIpc) is 3.43. The molecule has 2 unspecified atom stereocenters. The van der Waals surface area contributed by atoms with Crippen molar-refractivity contribution in [2.24, 2.45) is 16.5 Å². The highest BCUT2D eigenvalue weighted by Gasteiger charge is 2.44. The normalized spacial score (nSPS) is 18.7. The Morgan fingerprint density at radius 2 is 1.97 bits per heavy atom. The molecule has 0 radical (unpaired) electrons. The van der Waals surface area contributed by atoms with Crippen LogP contribution < -0.4 is 21.8 Å². The molecule has 2 aliphatic heterocycles. The first-order valence-corrected chi connectivity index (χ1v) is 11.3. The van der Waals surface area contributed by atoms with Crippen LogP contribution in [0.15, 0.2) is 89.5 Å². The Hall–Kier alpha value is -4.33. The van der Waals surface area contributed by atoms with Gasteiger partial charge in [-0.25, -0.2) is 9.98 Å². The van der Waals surface area contributed by atoms with Crippen LogP contribution in [0.3, 0.4) is 0 Å². The summed E-state index contributed by atoms with van der Waals surface area (Å²) >= 11 is 0. The first kappa shape index (κ1) is 21.5. The molecular weight excluding hydrogens is 426 g/mol. The zero-order chi connectivity index (χ0) is 23.7. The maximum atomic E-state index is 13.6. The number of allylic oxidation sites excluding steroid dienone is 1. The van der Waals surface area contributed by atoms with Gasteiger partial charge in [-0.3, -0.25) is 9.69 Å². The highest BCUT2D eigenvalue weighted by molar-refractivity contribution is 6.10. The van der Waals surface area contributed by atoms with Gasteiger partial charge < -0.3 is 21.8 Å². The van der Waals surface area contributed by atoms with E-state index >= 15 is 0 Å². The molecule has 0 bridgehead atoms. The highest BCUT2D eigenvalue weighted by Crippen LogP contribution is 2.29. The van der Waals surface area contributed by atoms with Gasteiger partial charge in [0, 0.05) is 29.1 Å². The van der Waals surface area contributed by atoms with Gasteiger partial charge in [-0.2, -0.15) is 0 Å². The maximum Gasteiger partial charge on any atom is 0.251 e. The Morgan fingerprint density at radius 1 is 1.21 bits per heavy atom. The summed E-state index contributed by atoms with van der Waals surface area (Å²) in [6, 6.07) is 17.9. The van der Waals surface area contributed by atoms with Gasteiger partial charge in [0.25, 0.3) is 5.91 Å².